The molecule has 0 bridgehead atoms. The van der Waals surface area contributed by atoms with E-state index in [1.807, 2.05) is 12.1 Å². The van der Waals surface area contributed by atoms with Crippen LogP contribution in [0.1, 0.15) is 5.56 Å². The van der Waals surface area contributed by atoms with E-state index >= 15 is 0 Å². The predicted octanol–water partition coefficient (Wildman–Crippen LogP) is 2.36. The zero-order chi connectivity index (χ0) is 8.55. The third-order valence-corrected chi connectivity index (χ3v) is 3.15. The van der Waals surface area contributed by atoms with Crippen LogP contribution < -0.4 is 0 Å². The Kier molecular flexibility index (Phi) is 2.17. The largest absolute Gasteiger partial charge is 0.244 e. The van der Waals surface area contributed by atoms with E-state index < -0.39 is 0 Å². The summed E-state index contributed by atoms with van der Waals surface area (Å²) < 4.78 is 2.16. The monoisotopic (exact) mass is 195 g/mol. The Morgan fingerprint density at radius 1 is 1.42 bits per heavy atom. The Morgan fingerprint density at radius 2 is 2.17 bits per heavy atom. The Morgan fingerprint density at radius 3 is 3.00 bits per heavy atom. The molecule has 2 rings (SSSR count). The number of hydrogen-bond acceptors (Lipinski definition) is 3. The van der Waals surface area contributed by atoms with E-state index in [0.717, 1.165) is 11.4 Å². The molecule has 0 aromatic heterocycles. The van der Waals surface area contributed by atoms with Gasteiger partial charge in [0.05, 0.1) is 0 Å². The molecule has 0 radical (unpaired) electrons. The van der Waals surface area contributed by atoms with Gasteiger partial charge in [-0.1, -0.05) is 30.4 Å². The van der Waals surface area contributed by atoms with Gasteiger partial charge in [-0.05, 0) is 25.1 Å². The maximum Gasteiger partial charge on any atom is 0.0449 e. The van der Waals surface area contributed by atoms with Crippen LogP contribution in [0, 0.1) is 0 Å². The van der Waals surface area contributed by atoms with Gasteiger partial charge in [0, 0.05) is 21.9 Å². The van der Waals surface area contributed by atoms with Crippen LogP contribution >= 0.6 is 24.2 Å². The molecule has 0 fully saturated rings. The fraction of sp³-hybridized carbons (Fsp3) is 0.222. The van der Waals surface area contributed by atoms with Crippen molar-refractivity contribution >= 4 is 29.0 Å². The van der Waals surface area contributed by atoms with Crippen molar-refractivity contribution in [3.8, 4) is 0 Å². The lowest BCUT2D eigenvalue weighted by Gasteiger charge is -2.23. The molecule has 0 spiro atoms. The second-order valence-corrected chi connectivity index (χ2v) is 4.54. The number of thiocarbonyl (C=S) groups is 1. The second kappa shape index (κ2) is 3.17. The van der Waals surface area contributed by atoms with Crippen LogP contribution in [0.4, 0.5) is 0 Å². The molecule has 1 heterocycles. The summed E-state index contributed by atoms with van der Waals surface area (Å²) in [4.78, 5) is 2.32. The van der Waals surface area contributed by atoms with Crippen molar-refractivity contribution in [1.82, 2.24) is 4.31 Å². The summed E-state index contributed by atoms with van der Waals surface area (Å²) in [7, 11) is 2.06. The lowest BCUT2D eigenvalue weighted by atomic mass is 10.1. The minimum atomic E-state index is 0.886. The van der Waals surface area contributed by atoms with Crippen LogP contribution in [-0.2, 0) is 0 Å². The molecule has 0 atom stereocenters. The fourth-order valence-corrected chi connectivity index (χ4v) is 2.74. The van der Waals surface area contributed by atoms with Crippen molar-refractivity contribution in [1.29, 1.82) is 0 Å². The summed E-state index contributed by atoms with van der Waals surface area (Å²) in [6, 6.07) is 8.30. The minimum absolute atomic E-state index is 0.886. The first-order chi connectivity index (χ1) is 5.77. The molecule has 1 aliphatic rings. The topological polar surface area (TPSA) is 3.24 Å². The molecule has 0 N–H and O–H groups in total. The first-order valence-electron chi connectivity index (χ1n) is 3.79. The number of fused-ring (bicyclic) bond motifs is 1. The summed E-state index contributed by atoms with van der Waals surface area (Å²) in [5.41, 5.74) is 1.23. The zero-order valence-electron chi connectivity index (χ0n) is 6.78. The highest BCUT2D eigenvalue weighted by atomic mass is 32.2. The first-order valence-corrected chi connectivity index (χ1v) is 4.97. The van der Waals surface area contributed by atoms with Crippen LogP contribution in [0.25, 0.3) is 0 Å². The van der Waals surface area contributed by atoms with Gasteiger partial charge in [0.15, 0.2) is 0 Å². The van der Waals surface area contributed by atoms with Crippen molar-refractivity contribution in [2.24, 2.45) is 0 Å². The molecule has 0 amide bonds. The third kappa shape index (κ3) is 1.40. The van der Waals surface area contributed by atoms with E-state index in [2.05, 4.69) is 23.5 Å². The summed E-state index contributed by atoms with van der Waals surface area (Å²) in [5.74, 6) is 0. The van der Waals surface area contributed by atoms with Gasteiger partial charge in [0.2, 0.25) is 0 Å². The molecule has 3 heteroatoms. The molecule has 12 heavy (non-hydrogen) atoms. The van der Waals surface area contributed by atoms with Gasteiger partial charge in [-0.3, -0.25) is 0 Å². The van der Waals surface area contributed by atoms with Crippen molar-refractivity contribution in [2.75, 3.05) is 13.6 Å². The number of likely N-dealkylation sites (N-methyl/N-ethyl adjacent to an activating group) is 1. The quantitative estimate of drug-likeness (QED) is 0.462. The number of hydrogen-bond donors (Lipinski definition) is 0. The van der Waals surface area contributed by atoms with E-state index in [-0.39, 0.29) is 0 Å². The maximum atomic E-state index is 5.28. The van der Waals surface area contributed by atoms with Crippen molar-refractivity contribution < 1.29 is 0 Å². The molecule has 1 aliphatic heterocycles. The van der Waals surface area contributed by atoms with E-state index in [9.17, 15) is 0 Å². The Hall–Kier alpha value is -0.380. The lowest BCUT2D eigenvalue weighted by molar-refractivity contribution is 0.651. The maximum absolute atomic E-state index is 5.28. The Balaban J connectivity index is 2.47. The normalized spacial score (nSPS) is 17.6. The number of rotatable bonds is 0. The minimum Gasteiger partial charge on any atom is -0.244 e. The van der Waals surface area contributed by atoms with E-state index in [1.54, 1.807) is 11.9 Å². The van der Waals surface area contributed by atoms with Crippen LogP contribution in [-0.4, -0.2) is 22.8 Å². The van der Waals surface area contributed by atoms with Gasteiger partial charge >= 0.3 is 0 Å². The molecular weight excluding hydrogens is 186 g/mol. The van der Waals surface area contributed by atoms with Crippen molar-refractivity contribution in [2.45, 2.75) is 4.90 Å². The molecule has 0 unspecified atom stereocenters. The lowest BCUT2D eigenvalue weighted by Crippen LogP contribution is -2.24. The predicted molar refractivity (Wildman–Crippen MR) is 56.6 cm³/mol. The van der Waals surface area contributed by atoms with Gasteiger partial charge < -0.3 is 0 Å². The Labute approximate surface area is 81.9 Å². The Bertz CT molecular complexity index is 322. The average molecular weight is 195 g/mol. The highest BCUT2D eigenvalue weighted by molar-refractivity contribution is 7.97. The van der Waals surface area contributed by atoms with Crippen LogP contribution in [0.5, 0.6) is 0 Å². The molecule has 0 saturated carbocycles. The fourth-order valence-electron chi connectivity index (χ4n) is 1.26. The van der Waals surface area contributed by atoms with Gasteiger partial charge in [-0.2, -0.15) is 0 Å². The van der Waals surface area contributed by atoms with Gasteiger partial charge in [0.25, 0.3) is 0 Å². The SMILES string of the molecule is CN1CC(=S)c2ccccc2S1. The summed E-state index contributed by atoms with van der Waals surface area (Å²) in [6.45, 7) is 0.886. The van der Waals surface area contributed by atoms with Crippen molar-refractivity contribution in [3.63, 3.8) is 0 Å². The van der Waals surface area contributed by atoms with Gasteiger partial charge in [-0.15, -0.1) is 0 Å². The van der Waals surface area contributed by atoms with E-state index in [0.29, 0.717) is 0 Å². The molecular formula is C9H9NS2. The molecule has 0 saturated heterocycles. The standard InChI is InChI=1S/C9H9NS2/c1-10-6-8(11)7-4-2-3-5-9(7)12-10/h2-5H,6H2,1H3. The summed E-state index contributed by atoms with van der Waals surface area (Å²) >= 11 is 7.04. The van der Waals surface area contributed by atoms with Crippen molar-refractivity contribution in [3.05, 3.63) is 29.8 Å². The average Bonchev–Trinajstić information content (AvgIpc) is 2.04. The first kappa shape index (κ1) is 8.23. The highest BCUT2D eigenvalue weighted by Gasteiger charge is 2.17. The van der Waals surface area contributed by atoms with Gasteiger partial charge in [0.1, 0.15) is 0 Å². The molecule has 62 valence electrons. The van der Waals surface area contributed by atoms with Crippen LogP contribution in [0.15, 0.2) is 29.2 Å². The van der Waals surface area contributed by atoms with E-state index in [4.69, 9.17) is 12.2 Å². The van der Waals surface area contributed by atoms with Crippen LogP contribution in [0.2, 0.25) is 0 Å². The van der Waals surface area contributed by atoms with Crippen LogP contribution in [0.3, 0.4) is 0 Å². The smallest absolute Gasteiger partial charge is 0.0449 e. The van der Waals surface area contributed by atoms with E-state index in [1.165, 1.54) is 10.5 Å². The number of benzene rings is 1. The number of nitrogens with zero attached hydrogens (tertiary/aromatic N) is 1. The van der Waals surface area contributed by atoms with Gasteiger partial charge in [-0.25, -0.2) is 4.31 Å². The zero-order valence-corrected chi connectivity index (χ0v) is 8.41. The molecule has 1 nitrogen and oxygen atoms in total. The summed E-state index contributed by atoms with van der Waals surface area (Å²) in [5, 5.41) is 0. The molecule has 1 aromatic rings. The molecule has 1 aromatic carbocycles. The third-order valence-electron chi connectivity index (χ3n) is 1.81. The second-order valence-electron chi connectivity index (χ2n) is 2.80. The summed E-state index contributed by atoms with van der Waals surface area (Å²) in [6.07, 6.45) is 0. The highest BCUT2D eigenvalue weighted by Crippen LogP contribution is 2.30. The molecule has 0 aliphatic carbocycles.